The third kappa shape index (κ3) is 4.40. The number of piperidine rings is 1. The fourth-order valence-electron chi connectivity index (χ4n) is 2.68. The van der Waals surface area contributed by atoms with E-state index in [9.17, 15) is 9.59 Å². The number of amides is 3. The van der Waals surface area contributed by atoms with E-state index in [0.717, 1.165) is 11.4 Å². The highest BCUT2D eigenvalue weighted by Crippen LogP contribution is 2.22. The first-order valence-corrected chi connectivity index (χ1v) is 9.07. The second-order valence-electron chi connectivity index (χ2n) is 5.56. The number of hydrogen-bond donors (Lipinski definition) is 1. The van der Waals surface area contributed by atoms with Crippen LogP contribution >= 0.6 is 11.3 Å². The summed E-state index contributed by atoms with van der Waals surface area (Å²) in [4.78, 5) is 28.3. The predicted octanol–water partition coefficient (Wildman–Crippen LogP) is 2.21. The van der Waals surface area contributed by atoms with Crippen LogP contribution in [0, 0.1) is 5.92 Å². The van der Waals surface area contributed by atoms with E-state index < -0.39 is 0 Å². The number of nitrogens with one attached hydrogen (secondary N) is 1. The lowest BCUT2D eigenvalue weighted by atomic mass is 9.96. The van der Waals surface area contributed by atoms with Gasteiger partial charge in [0.15, 0.2) is 0 Å². The van der Waals surface area contributed by atoms with Crippen LogP contribution < -0.4 is 5.32 Å². The van der Waals surface area contributed by atoms with Crippen molar-refractivity contribution in [3.8, 4) is 0 Å². The summed E-state index contributed by atoms with van der Waals surface area (Å²) in [6.07, 6.45) is 2.20. The average molecular weight is 339 g/mol. The van der Waals surface area contributed by atoms with Gasteiger partial charge in [-0.25, -0.2) is 4.79 Å². The highest BCUT2D eigenvalue weighted by molar-refractivity contribution is 7.15. The lowest BCUT2D eigenvalue weighted by Crippen LogP contribution is -2.47. The molecule has 7 nitrogen and oxygen atoms in total. The molecule has 0 aromatic carbocycles. The van der Waals surface area contributed by atoms with Gasteiger partial charge in [0.2, 0.25) is 11.0 Å². The largest absolute Gasteiger partial charge is 0.325 e. The van der Waals surface area contributed by atoms with Crippen LogP contribution in [0.3, 0.4) is 0 Å². The van der Waals surface area contributed by atoms with Crippen LogP contribution in [0.15, 0.2) is 0 Å². The second-order valence-corrected chi connectivity index (χ2v) is 6.62. The molecule has 1 aromatic heterocycles. The third-order valence-electron chi connectivity index (χ3n) is 4.17. The zero-order valence-electron chi connectivity index (χ0n) is 14.0. The van der Waals surface area contributed by atoms with Crippen LogP contribution in [0.25, 0.3) is 0 Å². The summed E-state index contributed by atoms with van der Waals surface area (Å²) >= 11 is 1.42. The zero-order chi connectivity index (χ0) is 16.8. The zero-order valence-corrected chi connectivity index (χ0v) is 14.9. The highest BCUT2D eigenvalue weighted by Gasteiger charge is 2.29. The SMILES string of the molecule is CCc1nnc(NC(=O)C2CCN(C(=O)N(CC)CC)CC2)s1. The van der Waals surface area contributed by atoms with E-state index in [1.165, 1.54) is 11.3 Å². The first-order chi connectivity index (χ1) is 11.1. The summed E-state index contributed by atoms with van der Waals surface area (Å²) in [6.45, 7) is 8.66. The van der Waals surface area contributed by atoms with E-state index in [1.54, 1.807) is 0 Å². The van der Waals surface area contributed by atoms with Crippen LogP contribution in [0.2, 0.25) is 0 Å². The standard InChI is InChI=1S/C15H25N5O2S/c1-4-12-17-18-14(23-12)16-13(21)11-7-9-20(10-8-11)15(22)19(5-2)6-3/h11H,4-10H2,1-3H3,(H,16,18,21). The van der Waals surface area contributed by atoms with E-state index in [0.29, 0.717) is 44.2 Å². The van der Waals surface area contributed by atoms with Crippen LogP contribution in [-0.2, 0) is 11.2 Å². The molecule has 0 saturated carbocycles. The number of hydrogen-bond acceptors (Lipinski definition) is 5. The molecule has 0 aliphatic carbocycles. The maximum absolute atomic E-state index is 12.3. The van der Waals surface area contributed by atoms with Gasteiger partial charge in [-0.3, -0.25) is 4.79 Å². The molecule has 2 heterocycles. The number of carbonyl (C=O) groups excluding carboxylic acids is 2. The molecular weight excluding hydrogens is 314 g/mol. The minimum absolute atomic E-state index is 0.0151. The van der Waals surface area contributed by atoms with Crippen molar-refractivity contribution in [3.05, 3.63) is 5.01 Å². The normalized spacial score (nSPS) is 15.5. The van der Waals surface area contributed by atoms with Crippen LogP contribution in [-0.4, -0.2) is 58.1 Å². The van der Waals surface area contributed by atoms with E-state index in [-0.39, 0.29) is 17.9 Å². The molecule has 0 spiro atoms. The molecular formula is C15H25N5O2S. The van der Waals surface area contributed by atoms with Gasteiger partial charge < -0.3 is 15.1 Å². The number of rotatable bonds is 5. The lowest BCUT2D eigenvalue weighted by molar-refractivity contribution is -0.121. The Bertz CT molecular complexity index is 536. The molecule has 1 N–H and O–H groups in total. The Morgan fingerprint density at radius 3 is 2.39 bits per heavy atom. The van der Waals surface area contributed by atoms with Crippen LogP contribution in [0.1, 0.15) is 38.6 Å². The van der Waals surface area contributed by atoms with Crippen molar-refractivity contribution in [2.45, 2.75) is 40.0 Å². The van der Waals surface area contributed by atoms with E-state index in [1.807, 2.05) is 30.6 Å². The summed E-state index contributed by atoms with van der Waals surface area (Å²) in [7, 11) is 0. The molecule has 128 valence electrons. The Hall–Kier alpha value is -1.70. The van der Waals surface area contributed by atoms with Gasteiger partial charge in [0, 0.05) is 32.1 Å². The van der Waals surface area contributed by atoms with Gasteiger partial charge in [0.25, 0.3) is 0 Å². The van der Waals surface area contributed by atoms with Gasteiger partial charge in [-0.1, -0.05) is 18.3 Å². The molecule has 1 aliphatic heterocycles. The Balaban J connectivity index is 1.83. The average Bonchev–Trinajstić information content (AvgIpc) is 3.03. The number of carbonyl (C=O) groups is 2. The van der Waals surface area contributed by atoms with Crippen LogP contribution in [0.4, 0.5) is 9.93 Å². The van der Waals surface area contributed by atoms with Crippen molar-refractivity contribution in [3.63, 3.8) is 0 Å². The molecule has 8 heteroatoms. The molecule has 0 atom stereocenters. The summed E-state index contributed by atoms with van der Waals surface area (Å²) < 4.78 is 0. The molecule has 1 saturated heterocycles. The fourth-order valence-corrected chi connectivity index (χ4v) is 3.36. The second kappa shape index (κ2) is 8.24. The van der Waals surface area contributed by atoms with Crippen molar-refractivity contribution in [2.24, 2.45) is 5.92 Å². The third-order valence-corrected chi connectivity index (χ3v) is 5.15. The topological polar surface area (TPSA) is 78.4 Å². The number of likely N-dealkylation sites (tertiary alicyclic amines) is 1. The monoisotopic (exact) mass is 339 g/mol. The summed E-state index contributed by atoms with van der Waals surface area (Å²) in [5.41, 5.74) is 0. The highest BCUT2D eigenvalue weighted by atomic mass is 32.1. The summed E-state index contributed by atoms with van der Waals surface area (Å²) in [5, 5.41) is 12.3. The predicted molar refractivity (Wildman–Crippen MR) is 90.5 cm³/mol. The Kier molecular flexibility index (Phi) is 6.32. The molecule has 0 unspecified atom stereocenters. The summed E-state index contributed by atoms with van der Waals surface area (Å²) in [6, 6.07) is 0.0746. The molecule has 1 fully saturated rings. The fraction of sp³-hybridized carbons (Fsp3) is 0.733. The molecule has 3 amide bonds. The van der Waals surface area contributed by atoms with Gasteiger partial charge >= 0.3 is 6.03 Å². The number of nitrogens with zero attached hydrogens (tertiary/aromatic N) is 4. The minimum Gasteiger partial charge on any atom is -0.325 e. The number of aryl methyl sites for hydroxylation is 1. The number of urea groups is 1. The van der Waals surface area contributed by atoms with Crippen molar-refractivity contribution in [1.82, 2.24) is 20.0 Å². The molecule has 1 aliphatic rings. The van der Waals surface area contributed by atoms with Gasteiger partial charge in [0.1, 0.15) is 5.01 Å². The van der Waals surface area contributed by atoms with Crippen LogP contribution in [0.5, 0.6) is 0 Å². The van der Waals surface area contributed by atoms with E-state index in [4.69, 9.17) is 0 Å². The minimum atomic E-state index is -0.0651. The smallest absolute Gasteiger partial charge is 0.319 e. The maximum atomic E-state index is 12.3. The molecule has 1 aromatic rings. The molecule has 0 radical (unpaired) electrons. The Labute approximate surface area is 141 Å². The molecule has 23 heavy (non-hydrogen) atoms. The van der Waals surface area contributed by atoms with Gasteiger partial charge in [-0.05, 0) is 33.1 Å². The number of anilines is 1. The molecule has 2 rings (SSSR count). The first-order valence-electron chi connectivity index (χ1n) is 8.26. The van der Waals surface area contributed by atoms with E-state index in [2.05, 4.69) is 15.5 Å². The Morgan fingerprint density at radius 2 is 1.87 bits per heavy atom. The van der Waals surface area contributed by atoms with Crippen molar-refractivity contribution in [1.29, 1.82) is 0 Å². The lowest BCUT2D eigenvalue weighted by Gasteiger charge is -2.34. The van der Waals surface area contributed by atoms with E-state index >= 15 is 0 Å². The maximum Gasteiger partial charge on any atom is 0.319 e. The molecule has 0 bridgehead atoms. The number of aromatic nitrogens is 2. The summed E-state index contributed by atoms with van der Waals surface area (Å²) in [5.74, 6) is -0.0801. The quantitative estimate of drug-likeness (QED) is 0.892. The van der Waals surface area contributed by atoms with Gasteiger partial charge in [-0.15, -0.1) is 10.2 Å². The van der Waals surface area contributed by atoms with Gasteiger partial charge in [-0.2, -0.15) is 0 Å². The first kappa shape index (κ1) is 17.7. The van der Waals surface area contributed by atoms with Crippen molar-refractivity contribution in [2.75, 3.05) is 31.5 Å². The Morgan fingerprint density at radius 1 is 1.22 bits per heavy atom. The van der Waals surface area contributed by atoms with Gasteiger partial charge in [0.05, 0.1) is 0 Å². The van der Waals surface area contributed by atoms with Crippen molar-refractivity contribution < 1.29 is 9.59 Å². The van der Waals surface area contributed by atoms with Crippen molar-refractivity contribution >= 4 is 28.4 Å².